The quantitative estimate of drug-likeness (QED) is 0.460. The molecule has 0 radical (unpaired) electrons. The third-order valence-corrected chi connectivity index (χ3v) is 6.44. The van der Waals surface area contributed by atoms with Gasteiger partial charge in [-0.05, 0) is 43.7 Å². The van der Waals surface area contributed by atoms with E-state index in [4.69, 9.17) is 11.6 Å². The fraction of sp³-hybridized carbons (Fsp3) is 0.478. The number of nitrogens with zero attached hydrogens (tertiary/aromatic N) is 1. The van der Waals surface area contributed by atoms with Gasteiger partial charge in [-0.15, -0.1) is 0 Å². The van der Waals surface area contributed by atoms with Crippen LogP contribution < -0.4 is 16.0 Å². The maximum absolute atomic E-state index is 13.0. The molecule has 33 heavy (non-hydrogen) atoms. The SMILES string of the molecule is N#C[C@H](C[C@@H]1CCCNC1=O)NC(=O)[C@H](CC1CC1)NC(=O)c1cc2cccc(Cl)c2[nH]1.O. The van der Waals surface area contributed by atoms with Crippen molar-refractivity contribution in [3.05, 3.63) is 35.0 Å². The van der Waals surface area contributed by atoms with E-state index < -0.39 is 23.9 Å². The lowest BCUT2D eigenvalue weighted by molar-refractivity contribution is -0.128. The summed E-state index contributed by atoms with van der Waals surface area (Å²) < 4.78 is 0. The molecule has 3 atom stereocenters. The number of aromatic amines is 1. The van der Waals surface area contributed by atoms with Gasteiger partial charge in [-0.25, -0.2) is 0 Å². The maximum Gasteiger partial charge on any atom is 0.268 e. The van der Waals surface area contributed by atoms with Gasteiger partial charge < -0.3 is 26.4 Å². The smallest absolute Gasteiger partial charge is 0.268 e. The molecule has 6 N–H and O–H groups in total. The van der Waals surface area contributed by atoms with Crippen molar-refractivity contribution in [1.82, 2.24) is 20.9 Å². The molecule has 2 aromatic rings. The van der Waals surface area contributed by atoms with Gasteiger partial charge in [0.05, 0.1) is 16.6 Å². The molecule has 0 bridgehead atoms. The van der Waals surface area contributed by atoms with Crippen molar-refractivity contribution in [1.29, 1.82) is 5.26 Å². The monoisotopic (exact) mass is 473 g/mol. The number of nitrogens with one attached hydrogen (secondary N) is 4. The van der Waals surface area contributed by atoms with E-state index in [2.05, 4.69) is 27.0 Å². The van der Waals surface area contributed by atoms with Crippen molar-refractivity contribution in [2.75, 3.05) is 6.54 Å². The van der Waals surface area contributed by atoms with Crippen molar-refractivity contribution < 1.29 is 19.9 Å². The number of carbonyl (C=O) groups is 3. The van der Waals surface area contributed by atoms with Crippen LogP contribution in [0.25, 0.3) is 10.9 Å². The van der Waals surface area contributed by atoms with Gasteiger partial charge in [-0.3, -0.25) is 14.4 Å². The molecule has 1 aliphatic carbocycles. The first-order valence-corrected chi connectivity index (χ1v) is 11.4. The number of H-pyrrole nitrogens is 1. The highest BCUT2D eigenvalue weighted by molar-refractivity contribution is 6.35. The Morgan fingerprint density at radius 3 is 2.67 bits per heavy atom. The van der Waals surface area contributed by atoms with Gasteiger partial charge in [0.2, 0.25) is 11.8 Å². The van der Waals surface area contributed by atoms with Crippen molar-refractivity contribution in [3.8, 4) is 6.07 Å². The number of nitriles is 1. The molecule has 9 nitrogen and oxygen atoms in total. The molecule has 2 aliphatic rings. The molecular formula is C23H28ClN5O4. The van der Waals surface area contributed by atoms with Gasteiger partial charge in [0.15, 0.2) is 0 Å². The second-order valence-corrected chi connectivity index (χ2v) is 9.06. The van der Waals surface area contributed by atoms with Crippen LogP contribution in [-0.4, -0.2) is 46.8 Å². The van der Waals surface area contributed by atoms with Crippen LogP contribution in [0.3, 0.4) is 0 Å². The molecule has 176 valence electrons. The van der Waals surface area contributed by atoms with E-state index in [0.29, 0.717) is 41.5 Å². The number of benzene rings is 1. The molecule has 2 fully saturated rings. The number of fused-ring (bicyclic) bond motifs is 1. The fourth-order valence-electron chi connectivity index (χ4n) is 4.16. The van der Waals surface area contributed by atoms with Crippen LogP contribution in [0.1, 0.15) is 49.0 Å². The molecule has 1 aliphatic heterocycles. The number of piperidine rings is 1. The molecule has 0 unspecified atom stereocenters. The summed E-state index contributed by atoms with van der Waals surface area (Å²) in [7, 11) is 0. The molecule has 1 aromatic heterocycles. The normalized spacial score (nSPS) is 19.5. The molecule has 1 aromatic carbocycles. The Morgan fingerprint density at radius 2 is 2.00 bits per heavy atom. The van der Waals surface area contributed by atoms with Gasteiger partial charge in [0.1, 0.15) is 17.8 Å². The first-order valence-electron chi connectivity index (χ1n) is 11.0. The fourth-order valence-corrected chi connectivity index (χ4v) is 4.39. The number of amides is 3. The highest BCUT2D eigenvalue weighted by atomic mass is 35.5. The van der Waals surface area contributed by atoms with Gasteiger partial charge in [-0.2, -0.15) is 5.26 Å². The summed E-state index contributed by atoms with van der Waals surface area (Å²) in [5.41, 5.74) is 0.982. The highest BCUT2D eigenvalue weighted by Gasteiger charge is 2.33. The van der Waals surface area contributed by atoms with Crippen LogP contribution in [0.15, 0.2) is 24.3 Å². The minimum atomic E-state index is -0.790. The Labute approximate surface area is 196 Å². The Bertz CT molecular complexity index is 1070. The average molecular weight is 474 g/mol. The molecule has 3 amide bonds. The van der Waals surface area contributed by atoms with E-state index in [-0.39, 0.29) is 23.7 Å². The zero-order valence-electron chi connectivity index (χ0n) is 18.1. The van der Waals surface area contributed by atoms with Gasteiger partial charge in [0.25, 0.3) is 5.91 Å². The zero-order valence-corrected chi connectivity index (χ0v) is 18.9. The number of halogens is 1. The topological polar surface area (TPSA) is 158 Å². The lowest BCUT2D eigenvalue weighted by Crippen LogP contribution is -2.50. The van der Waals surface area contributed by atoms with E-state index in [1.807, 2.05) is 6.07 Å². The number of rotatable bonds is 8. The van der Waals surface area contributed by atoms with Crippen LogP contribution >= 0.6 is 11.6 Å². The Hall–Kier alpha value is -3.09. The minimum absolute atomic E-state index is 0. The van der Waals surface area contributed by atoms with E-state index >= 15 is 0 Å². The third kappa shape index (κ3) is 6.03. The van der Waals surface area contributed by atoms with E-state index in [1.54, 1.807) is 18.2 Å². The van der Waals surface area contributed by atoms with Crippen LogP contribution in [0.4, 0.5) is 0 Å². The average Bonchev–Trinajstić information content (AvgIpc) is 3.48. The van der Waals surface area contributed by atoms with Crippen molar-refractivity contribution in [2.24, 2.45) is 11.8 Å². The van der Waals surface area contributed by atoms with E-state index in [1.165, 1.54) is 0 Å². The molecule has 1 saturated heterocycles. The van der Waals surface area contributed by atoms with Gasteiger partial charge in [0, 0.05) is 17.8 Å². The number of para-hydroxylation sites is 1. The summed E-state index contributed by atoms with van der Waals surface area (Å²) in [4.78, 5) is 40.9. The number of hydrogen-bond acceptors (Lipinski definition) is 4. The summed E-state index contributed by atoms with van der Waals surface area (Å²) >= 11 is 6.19. The maximum atomic E-state index is 13.0. The largest absolute Gasteiger partial charge is 0.412 e. The summed E-state index contributed by atoms with van der Waals surface area (Å²) in [6.45, 7) is 0.646. The van der Waals surface area contributed by atoms with E-state index in [0.717, 1.165) is 24.6 Å². The molecule has 4 rings (SSSR count). The minimum Gasteiger partial charge on any atom is -0.412 e. The van der Waals surface area contributed by atoms with Crippen LogP contribution in [0.2, 0.25) is 5.02 Å². The van der Waals surface area contributed by atoms with E-state index in [9.17, 15) is 19.6 Å². The van der Waals surface area contributed by atoms with Crippen LogP contribution in [-0.2, 0) is 9.59 Å². The molecule has 0 spiro atoms. The predicted molar refractivity (Wildman–Crippen MR) is 123 cm³/mol. The second kappa shape index (κ2) is 10.7. The summed E-state index contributed by atoms with van der Waals surface area (Å²) in [5, 5.41) is 19.2. The van der Waals surface area contributed by atoms with Crippen molar-refractivity contribution in [3.63, 3.8) is 0 Å². The van der Waals surface area contributed by atoms with Gasteiger partial charge >= 0.3 is 0 Å². The first-order chi connectivity index (χ1) is 15.4. The molecular weight excluding hydrogens is 446 g/mol. The summed E-state index contributed by atoms with van der Waals surface area (Å²) in [6.07, 6.45) is 4.37. The Morgan fingerprint density at radius 1 is 1.21 bits per heavy atom. The lowest BCUT2D eigenvalue weighted by Gasteiger charge is -2.25. The summed E-state index contributed by atoms with van der Waals surface area (Å²) in [6, 6.07) is 7.63. The molecule has 1 saturated carbocycles. The lowest BCUT2D eigenvalue weighted by atomic mass is 9.92. The number of aromatic nitrogens is 1. The van der Waals surface area contributed by atoms with Crippen molar-refractivity contribution in [2.45, 2.75) is 50.6 Å². The molecule has 10 heteroatoms. The van der Waals surface area contributed by atoms with Crippen molar-refractivity contribution >= 4 is 40.2 Å². The zero-order chi connectivity index (χ0) is 22.7. The number of carbonyl (C=O) groups excluding carboxylic acids is 3. The highest BCUT2D eigenvalue weighted by Crippen LogP contribution is 2.33. The Kier molecular flexibility index (Phi) is 7.95. The van der Waals surface area contributed by atoms with Gasteiger partial charge in [-0.1, -0.05) is 36.6 Å². The number of hydrogen-bond donors (Lipinski definition) is 4. The van der Waals surface area contributed by atoms with Crippen LogP contribution in [0, 0.1) is 23.2 Å². The summed E-state index contributed by atoms with van der Waals surface area (Å²) in [5.74, 6) is -0.791. The second-order valence-electron chi connectivity index (χ2n) is 8.65. The molecule has 2 heterocycles. The predicted octanol–water partition coefficient (Wildman–Crippen LogP) is 1.82. The third-order valence-electron chi connectivity index (χ3n) is 6.13. The standard InChI is InChI=1S/C23H26ClN5O3.H2O/c24-17-5-1-3-14-11-19(28-20(14)17)23(32)29-18(9-13-6-7-13)22(31)27-16(12-25)10-15-4-2-8-26-21(15)30;/h1,3,5,11,13,15-16,18,28H,2,4,6-10H2,(H,26,30)(H,27,31)(H,29,32);1H2/t15-,16-,18-;/m0./s1. The van der Waals surface area contributed by atoms with Crippen LogP contribution in [0.5, 0.6) is 0 Å². The first kappa shape index (κ1) is 24.6. The Balaban J connectivity index is 0.00000306.